The number of imidazole rings is 1. The Balaban J connectivity index is 2.79. The highest BCUT2D eigenvalue weighted by Crippen LogP contribution is 2.12. The lowest BCUT2D eigenvalue weighted by Gasteiger charge is -1.99. The van der Waals surface area contributed by atoms with Crippen LogP contribution in [0.5, 0.6) is 5.88 Å². The third kappa shape index (κ3) is 1.55. The van der Waals surface area contributed by atoms with Crippen LogP contribution < -0.4 is 4.74 Å². The Morgan fingerprint density at radius 2 is 2.50 bits per heavy atom. The molecule has 1 heterocycles. The fourth-order valence-corrected chi connectivity index (χ4v) is 0.786. The number of ether oxygens (including phenoxy) is 2. The first-order valence-electron chi connectivity index (χ1n) is 3.54. The van der Waals surface area contributed by atoms with Gasteiger partial charge in [0, 0.05) is 0 Å². The molecular weight excluding hydrogens is 160 g/mol. The van der Waals surface area contributed by atoms with Gasteiger partial charge in [-0.05, 0) is 6.92 Å². The van der Waals surface area contributed by atoms with Crippen LogP contribution in [-0.2, 0) is 4.74 Å². The lowest BCUT2D eigenvalue weighted by molar-refractivity contribution is 0.0516. The molecule has 0 amide bonds. The molecular formula is C7H10N2O3. The van der Waals surface area contributed by atoms with E-state index < -0.39 is 5.97 Å². The zero-order valence-electron chi connectivity index (χ0n) is 6.96. The van der Waals surface area contributed by atoms with Crippen molar-refractivity contribution >= 4 is 5.97 Å². The molecule has 1 N–H and O–H groups in total. The van der Waals surface area contributed by atoms with E-state index in [1.807, 2.05) is 0 Å². The highest BCUT2D eigenvalue weighted by molar-refractivity contribution is 5.89. The van der Waals surface area contributed by atoms with Crippen molar-refractivity contribution < 1.29 is 14.3 Å². The average Bonchev–Trinajstić information content (AvgIpc) is 2.51. The standard InChI is InChI=1S/C7H10N2O3/c1-3-12-7(10)5-6(11-2)9-4-8-5/h4H,3H2,1-2H3,(H,8,9). The summed E-state index contributed by atoms with van der Waals surface area (Å²) in [4.78, 5) is 17.5. The summed E-state index contributed by atoms with van der Waals surface area (Å²) in [5.74, 6) is -0.194. The number of hydrogen-bond acceptors (Lipinski definition) is 4. The largest absolute Gasteiger partial charge is 0.479 e. The summed E-state index contributed by atoms with van der Waals surface area (Å²) in [6.45, 7) is 2.07. The van der Waals surface area contributed by atoms with Crippen molar-refractivity contribution in [2.45, 2.75) is 6.92 Å². The van der Waals surface area contributed by atoms with Crippen LogP contribution >= 0.6 is 0 Å². The number of rotatable bonds is 3. The molecule has 0 atom stereocenters. The van der Waals surface area contributed by atoms with Gasteiger partial charge in [-0.2, -0.15) is 0 Å². The molecule has 0 aliphatic carbocycles. The van der Waals surface area contributed by atoms with Crippen molar-refractivity contribution in [3.8, 4) is 5.88 Å². The first-order valence-corrected chi connectivity index (χ1v) is 3.54. The summed E-state index contributed by atoms with van der Waals surface area (Å²) in [7, 11) is 1.44. The van der Waals surface area contributed by atoms with Crippen LogP contribution in [0.4, 0.5) is 0 Å². The molecule has 0 unspecified atom stereocenters. The number of aromatic amines is 1. The highest BCUT2D eigenvalue weighted by atomic mass is 16.5. The zero-order valence-corrected chi connectivity index (χ0v) is 6.96. The summed E-state index contributed by atoms with van der Waals surface area (Å²) in [5, 5.41) is 0. The number of esters is 1. The Labute approximate surface area is 69.7 Å². The lowest BCUT2D eigenvalue weighted by atomic mass is 10.5. The number of H-pyrrole nitrogens is 1. The van der Waals surface area contributed by atoms with E-state index in [1.54, 1.807) is 6.92 Å². The Bertz CT molecular complexity index is 269. The van der Waals surface area contributed by atoms with Gasteiger partial charge in [0.2, 0.25) is 5.88 Å². The third-order valence-electron chi connectivity index (χ3n) is 1.28. The smallest absolute Gasteiger partial charge is 0.360 e. The summed E-state index contributed by atoms with van der Waals surface area (Å²) in [6, 6.07) is 0. The molecule has 12 heavy (non-hydrogen) atoms. The van der Waals surface area contributed by atoms with Crippen molar-refractivity contribution in [2.75, 3.05) is 13.7 Å². The maximum atomic E-state index is 11.1. The zero-order chi connectivity index (χ0) is 8.97. The van der Waals surface area contributed by atoms with Crippen LogP contribution in [0.15, 0.2) is 6.33 Å². The number of carbonyl (C=O) groups is 1. The van der Waals surface area contributed by atoms with Crippen LogP contribution in [0, 0.1) is 0 Å². The van der Waals surface area contributed by atoms with Gasteiger partial charge in [-0.1, -0.05) is 0 Å². The third-order valence-corrected chi connectivity index (χ3v) is 1.28. The lowest BCUT2D eigenvalue weighted by Crippen LogP contribution is -2.06. The molecule has 0 fully saturated rings. The minimum absolute atomic E-state index is 0.249. The van der Waals surface area contributed by atoms with E-state index >= 15 is 0 Å². The van der Waals surface area contributed by atoms with E-state index in [0.29, 0.717) is 6.61 Å². The van der Waals surface area contributed by atoms with Crippen LogP contribution in [-0.4, -0.2) is 29.7 Å². The quantitative estimate of drug-likeness (QED) is 0.674. The van der Waals surface area contributed by atoms with E-state index in [2.05, 4.69) is 9.97 Å². The molecule has 0 bridgehead atoms. The van der Waals surface area contributed by atoms with E-state index in [4.69, 9.17) is 9.47 Å². The summed E-state index contributed by atoms with van der Waals surface area (Å²) < 4.78 is 9.55. The van der Waals surface area contributed by atoms with Crippen LogP contribution in [0.3, 0.4) is 0 Å². The van der Waals surface area contributed by atoms with E-state index in [0.717, 1.165) is 0 Å². The van der Waals surface area contributed by atoms with Crippen molar-refractivity contribution in [2.24, 2.45) is 0 Å². The minimum Gasteiger partial charge on any atom is -0.479 e. The molecule has 0 aromatic carbocycles. The van der Waals surface area contributed by atoms with Gasteiger partial charge in [-0.25, -0.2) is 9.78 Å². The predicted molar refractivity (Wildman–Crippen MR) is 41.1 cm³/mol. The van der Waals surface area contributed by atoms with E-state index in [9.17, 15) is 4.79 Å². The monoisotopic (exact) mass is 170 g/mol. The fourth-order valence-electron chi connectivity index (χ4n) is 0.786. The van der Waals surface area contributed by atoms with Crippen LogP contribution in [0.25, 0.3) is 0 Å². The molecule has 0 saturated carbocycles. The Kier molecular flexibility index (Phi) is 2.68. The number of aromatic nitrogens is 2. The van der Waals surface area contributed by atoms with Gasteiger partial charge in [-0.3, -0.25) is 0 Å². The molecule has 1 aromatic heterocycles. The topological polar surface area (TPSA) is 64.2 Å². The molecule has 0 aliphatic rings. The minimum atomic E-state index is -0.452. The van der Waals surface area contributed by atoms with Gasteiger partial charge >= 0.3 is 5.97 Å². The SMILES string of the molecule is CCOC(=O)c1[nH]cnc1OC. The predicted octanol–water partition coefficient (Wildman–Crippen LogP) is 0.595. The van der Waals surface area contributed by atoms with Gasteiger partial charge in [0.05, 0.1) is 20.0 Å². The number of nitrogens with one attached hydrogen (secondary N) is 1. The molecule has 5 heteroatoms. The summed E-state index contributed by atoms with van der Waals surface area (Å²) >= 11 is 0. The molecule has 0 saturated heterocycles. The molecule has 1 aromatic rings. The fraction of sp³-hybridized carbons (Fsp3) is 0.429. The Hall–Kier alpha value is -1.52. The van der Waals surface area contributed by atoms with Crippen molar-refractivity contribution in [1.82, 2.24) is 9.97 Å². The molecule has 0 spiro atoms. The van der Waals surface area contributed by atoms with Gasteiger partial charge in [-0.15, -0.1) is 0 Å². The van der Waals surface area contributed by atoms with Crippen molar-refractivity contribution in [3.05, 3.63) is 12.0 Å². The van der Waals surface area contributed by atoms with Crippen molar-refractivity contribution in [3.63, 3.8) is 0 Å². The second-order valence-electron chi connectivity index (χ2n) is 2.01. The van der Waals surface area contributed by atoms with Gasteiger partial charge < -0.3 is 14.5 Å². The van der Waals surface area contributed by atoms with E-state index in [-0.39, 0.29) is 11.6 Å². The van der Waals surface area contributed by atoms with Crippen LogP contribution in [0.1, 0.15) is 17.4 Å². The molecule has 0 radical (unpaired) electrons. The Morgan fingerprint density at radius 3 is 3.08 bits per heavy atom. The van der Waals surface area contributed by atoms with Crippen LogP contribution in [0.2, 0.25) is 0 Å². The number of carbonyl (C=O) groups excluding carboxylic acids is 1. The highest BCUT2D eigenvalue weighted by Gasteiger charge is 2.15. The maximum absolute atomic E-state index is 11.1. The number of nitrogens with zero attached hydrogens (tertiary/aromatic N) is 1. The summed E-state index contributed by atoms with van der Waals surface area (Å²) in [6.07, 6.45) is 1.38. The van der Waals surface area contributed by atoms with Gasteiger partial charge in [0.1, 0.15) is 0 Å². The first kappa shape index (κ1) is 8.58. The molecule has 0 aliphatic heterocycles. The molecule has 66 valence electrons. The maximum Gasteiger partial charge on any atom is 0.360 e. The van der Waals surface area contributed by atoms with Gasteiger partial charge in [0.15, 0.2) is 5.69 Å². The number of methoxy groups -OCH3 is 1. The second-order valence-corrected chi connectivity index (χ2v) is 2.01. The van der Waals surface area contributed by atoms with Crippen molar-refractivity contribution in [1.29, 1.82) is 0 Å². The van der Waals surface area contributed by atoms with E-state index in [1.165, 1.54) is 13.4 Å². The van der Waals surface area contributed by atoms with Gasteiger partial charge in [0.25, 0.3) is 0 Å². The average molecular weight is 170 g/mol. The first-order chi connectivity index (χ1) is 5.79. The normalized spacial score (nSPS) is 9.50. The summed E-state index contributed by atoms with van der Waals surface area (Å²) in [5.41, 5.74) is 0.249. The second kappa shape index (κ2) is 3.75. The molecule has 1 rings (SSSR count). The Morgan fingerprint density at radius 1 is 1.75 bits per heavy atom. The number of hydrogen-bond donors (Lipinski definition) is 1. The molecule has 5 nitrogen and oxygen atoms in total.